The fraction of sp³-hybridized carbons (Fsp3) is 0.176. The average molecular weight is 312 g/mol. The number of benzene rings is 2. The smallest absolute Gasteiger partial charge is 0.262 e. The summed E-state index contributed by atoms with van der Waals surface area (Å²) in [4.78, 5) is 23.5. The Morgan fingerprint density at radius 2 is 2.04 bits per heavy atom. The second-order valence-corrected chi connectivity index (χ2v) is 4.96. The number of anilines is 2. The van der Waals surface area contributed by atoms with Crippen molar-refractivity contribution >= 4 is 23.2 Å². The number of carbonyl (C=O) groups excluding carboxylic acids is 2. The highest BCUT2D eigenvalue weighted by Crippen LogP contribution is 2.28. The number of hydrogen-bond acceptors (Lipinski definition) is 4. The number of fused-ring (bicyclic) bond motifs is 1. The van der Waals surface area contributed by atoms with Crippen LogP contribution < -0.4 is 20.1 Å². The molecule has 0 aliphatic carbocycles. The predicted molar refractivity (Wildman–Crippen MR) is 86.1 cm³/mol. The van der Waals surface area contributed by atoms with Gasteiger partial charge in [0.05, 0.1) is 12.3 Å². The van der Waals surface area contributed by atoms with E-state index in [1.54, 1.807) is 42.5 Å². The summed E-state index contributed by atoms with van der Waals surface area (Å²) in [6, 6.07) is 12.0. The topological polar surface area (TPSA) is 76.7 Å². The van der Waals surface area contributed by atoms with Crippen molar-refractivity contribution in [2.45, 2.75) is 6.92 Å². The number of ether oxygens (including phenoxy) is 2. The van der Waals surface area contributed by atoms with Gasteiger partial charge in [-0.15, -0.1) is 0 Å². The van der Waals surface area contributed by atoms with E-state index in [0.29, 0.717) is 29.3 Å². The molecule has 1 aliphatic rings. The maximum absolute atomic E-state index is 12.3. The van der Waals surface area contributed by atoms with Crippen LogP contribution in [0.15, 0.2) is 42.5 Å². The summed E-state index contributed by atoms with van der Waals surface area (Å²) in [6.07, 6.45) is 0. The van der Waals surface area contributed by atoms with Crippen molar-refractivity contribution in [3.05, 3.63) is 48.0 Å². The Bertz CT molecular complexity index is 741. The highest BCUT2D eigenvalue weighted by atomic mass is 16.5. The van der Waals surface area contributed by atoms with Crippen LogP contribution in [0, 0.1) is 0 Å². The van der Waals surface area contributed by atoms with Gasteiger partial charge >= 0.3 is 0 Å². The van der Waals surface area contributed by atoms with Crippen LogP contribution >= 0.6 is 0 Å². The normalized spacial score (nSPS) is 12.7. The molecule has 0 spiro atoms. The first kappa shape index (κ1) is 14.9. The lowest BCUT2D eigenvalue weighted by Crippen LogP contribution is -2.25. The molecule has 0 unspecified atom stereocenters. The molecule has 1 heterocycles. The first-order chi connectivity index (χ1) is 11.2. The number of rotatable bonds is 4. The van der Waals surface area contributed by atoms with E-state index in [1.807, 2.05) is 6.92 Å². The van der Waals surface area contributed by atoms with Crippen molar-refractivity contribution in [3.63, 3.8) is 0 Å². The maximum Gasteiger partial charge on any atom is 0.262 e. The van der Waals surface area contributed by atoms with Gasteiger partial charge in [0, 0.05) is 11.3 Å². The molecule has 0 saturated heterocycles. The number of carbonyl (C=O) groups is 2. The fourth-order valence-electron chi connectivity index (χ4n) is 2.22. The molecule has 6 nitrogen and oxygen atoms in total. The van der Waals surface area contributed by atoms with E-state index in [0.717, 1.165) is 5.75 Å². The molecular formula is C17H16N2O4. The molecule has 0 fully saturated rings. The van der Waals surface area contributed by atoms with Crippen LogP contribution in [-0.4, -0.2) is 25.0 Å². The average Bonchev–Trinajstić information content (AvgIpc) is 2.56. The Hall–Kier alpha value is -3.02. The number of hydrogen-bond donors (Lipinski definition) is 2. The first-order valence-electron chi connectivity index (χ1n) is 7.26. The lowest BCUT2D eigenvalue weighted by molar-refractivity contribution is -0.118. The van der Waals surface area contributed by atoms with Gasteiger partial charge in [-0.1, -0.05) is 0 Å². The monoisotopic (exact) mass is 312 g/mol. The minimum atomic E-state index is -0.252. The third kappa shape index (κ3) is 3.42. The molecule has 2 aromatic rings. The van der Waals surface area contributed by atoms with Gasteiger partial charge in [0.2, 0.25) is 0 Å². The SMILES string of the molecule is CCOc1ccc(NC(=O)c2ccc3c(c2)OCC(=O)N3)cc1. The van der Waals surface area contributed by atoms with Crippen LogP contribution in [0.3, 0.4) is 0 Å². The van der Waals surface area contributed by atoms with Crippen LogP contribution in [0.1, 0.15) is 17.3 Å². The molecule has 2 aromatic carbocycles. The van der Waals surface area contributed by atoms with Gasteiger partial charge in [0.15, 0.2) is 6.61 Å². The Morgan fingerprint density at radius 1 is 1.26 bits per heavy atom. The van der Waals surface area contributed by atoms with Crippen LogP contribution in [0.2, 0.25) is 0 Å². The zero-order valence-corrected chi connectivity index (χ0v) is 12.6. The van der Waals surface area contributed by atoms with Crippen LogP contribution in [0.5, 0.6) is 11.5 Å². The third-order valence-electron chi connectivity index (χ3n) is 3.30. The molecule has 0 atom stereocenters. The van der Waals surface area contributed by atoms with Crippen molar-refractivity contribution in [3.8, 4) is 11.5 Å². The molecule has 118 valence electrons. The molecule has 0 bridgehead atoms. The minimum Gasteiger partial charge on any atom is -0.494 e. The number of amides is 2. The van der Waals surface area contributed by atoms with E-state index in [2.05, 4.69) is 10.6 Å². The van der Waals surface area contributed by atoms with Gasteiger partial charge in [-0.25, -0.2) is 0 Å². The van der Waals surface area contributed by atoms with Gasteiger partial charge in [-0.05, 0) is 49.4 Å². The van der Waals surface area contributed by atoms with Gasteiger partial charge in [0.1, 0.15) is 11.5 Å². The molecule has 6 heteroatoms. The van der Waals surface area contributed by atoms with Crippen molar-refractivity contribution < 1.29 is 19.1 Å². The molecular weight excluding hydrogens is 296 g/mol. The van der Waals surface area contributed by atoms with Gasteiger partial charge in [-0.2, -0.15) is 0 Å². The molecule has 0 radical (unpaired) electrons. The molecule has 0 saturated carbocycles. The van der Waals surface area contributed by atoms with E-state index in [1.165, 1.54) is 0 Å². The zero-order chi connectivity index (χ0) is 16.2. The standard InChI is InChI=1S/C17H16N2O4/c1-2-22-13-6-4-12(5-7-13)18-17(21)11-3-8-14-15(9-11)23-10-16(20)19-14/h3-9H,2,10H2,1H3,(H,18,21)(H,19,20). The zero-order valence-electron chi connectivity index (χ0n) is 12.6. The summed E-state index contributed by atoms with van der Waals surface area (Å²) in [6.45, 7) is 2.46. The largest absolute Gasteiger partial charge is 0.494 e. The van der Waals surface area contributed by atoms with Gasteiger partial charge < -0.3 is 20.1 Å². The van der Waals surface area contributed by atoms with Crippen LogP contribution in [-0.2, 0) is 4.79 Å². The Balaban J connectivity index is 1.72. The summed E-state index contributed by atoms with van der Waals surface area (Å²) in [5.74, 6) is 0.786. The van der Waals surface area contributed by atoms with E-state index < -0.39 is 0 Å². The first-order valence-corrected chi connectivity index (χ1v) is 7.26. The molecule has 2 N–H and O–H groups in total. The van der Waals surface area contributed by atoms with Gasteiger partial charge in [0.25, 0.3) is 11.8 Å². The maximum atomic E-state index is 12.3. The highest BCUT2D eigenvalue weighted by Gasteiger charge is 2.17. The predicted octanol–water partition coefficient (Wildman–Crippen LogP) is 2.67. The minimum absolute atomic E-state index is 0.0447. The van der Waals surface area contributed by atoms with Crippen LogP contribution in [0.4, 0.5) is 11.4 Å². The summed E-state index contributed by atoms with van der Waals surface area (Å²) < 4.78 is 10.7. The third-order valence-corrected chi connectivity index (χ3v) is 3.30. The highest BCUT2D eigenvalue weighted by molar-refractivity contribution is 6.05. The lowest BCUT2D eigenvalue weighted by atomic mass is 10.1. The van der Waals surface area contributed by atoms with E-state index in [-0.39, 0.29) is 18.4 Å². The van der Waals surface area contributed by atoms with Crippen molar-refractivity contribution in [2.24, 2.45) is 0 Å². The fourth-order valence-corrected chi connectivity index (χ4v) is 2.22. The molecule has 0 aromatic heterocycles. The molecule has 3 rings (SSSR count). The van der Waals surface area contributed by atoms with E-state index in [9.17, 15) is 9.59 Å². The quantitative estimate of drug-likeness (QED) is 0.910. The Labute approximate surface area is 133 Å². The molecule has 23 heavy (non-hydrogen) atoms. The summed E-state index contributed by atoms with van der Waals surface area (Å²) >= 11 is 0. The molecule has 1 aliphatic heterocycles. The summed E-state index contributed by atoms with van der Waals surface area (Å²) in [7, 11) is 0. The van der Waals surface area contributed by atoms with Crippen LogP contribution in [0.25, 0.3) is 0 Å². The van der Waals surface area contributed by atoms with Gasteiger partial charge in [-0.3, -0.25) is 9.59 Å². The second kappa shape index (κ2) is 6.39. The Morgan fingerprint density at radius 3 is 2.78 bits per heavy atom. The summed E-state index contributed by atoms with van der Waals surface area (Å²) in [5, 5.41) is 5.49. The van der Waals surface area contributed by atoms with Crippen molar-refractivity contribution in [1.29, 1.82) is 0 Å². The Kier molecular flexibility index (Phi) is 4.14. The molecule has 2 amide bonds. The summed E-state index contributed by atoms with van der Waals surface area (Å²) in [5.41, 5.74) is 1.69. The van der Waals surface area contributed by atoms with Crippen molar-refractivity contribution in [2.75, 3.05) is 23.8 Å². The van der Waals surface area contributed by atoms with Crippen molar-refractivity contribution in [1.82, 2.24) is 0 Å². The van der Waals surface area contributed by atoms with E-state index in [4.69, 9.17) is 9.47 Å². The lowest BCUT2D eigenvalue weighted by Gasteiger charge is -2.18. The number of nitrogens with one attached hydrogen (secondary N) is 2. The second-order valence-electron chi connectivity index (χ2n) is 4.96. The van der Waals surface area contributed by atoms with E-state index >= 15 is 0 Å².